The maximum Gasteiger partial charge on any atom is 0.338 e. The van der Waals surface area contributed by atoms with Crippen molar-refractivity contribution >= 4 is 23.4 Å². The molecule has 1 unspecified atom stereocenters. The fourth-order valence-corrected chi connectivity index (χ4v) is 5.14. The number of thiazole rings is 1. The van der Waals surface area contributed by atoms with E-state index in [9.17, 15) is 9.59 Å². The van der Waals surface area contributed by atoms with E-state index in [4.69, 9.17) is 14.2 Å². The zero-order valence-electron chi connectivity index (χ0n) is 20.5. The quantitative estimate of drug-likeness (QED) is 0.328. The van der Waals surface area contributed by atoms with Gasteiger partial charge in [-0.3, -0.25) is 9.36 Å². The summed E-state index contributed by atoms with van der Waals surface area (Å²) in [6, 6.07) is 14.2. The van der Waals surface area contributed by atoms with Crippen molar-refractivity contribution in [3.63, 3.8) is 0 Å². The van der Waals surface area contributed by atoms with Crippen molar-refractivity contribution in [3.8, 4) is 11.5 Å². The molecule has 7 nitrogen and oxygen atoms in total. The summed E-state index contributed by atoms with van der Waals surface area (Å²) in [6.07, 6.45) is 3.46. The van der Waals surface area contributed by atoms with Gasteiger partial charge in [0.15, 0.2) is 4.80 Å². The summed E-state index contributed by atoms with van der Waals surface area (Å²) in [5.74, 6) is 0.733. The Labute approximate surface area is 213 Å². The third-order valence-corrected chi connectivity index (χ3v) is 6.58. The van der Waals surface area contributed by atoms with Crippen LogP contribution in [-0.2, 0) is 9.53 Å². The topological polar surface area (TPSA) is 79.1 Å². The van der Waals surface area contributed by atoms with Crippen LogP contribution in [0.1, 0.15) is 37.9 Å². The zero-order valence-corrected chi connectivity index (χ0v) is 21.3. The van der Waals surface area contributed by atoms with Crippen molar-refractivity contribution in [2.24, 2.45) is 4.99 Å². The van der Waals surface area contributed by atoms with Crippen molar-refractivity contribution in [1.29, 1.82) is 0 Å². The van der Waals surface area contributed by atoms with Crippen LogP contribution >= 0.6 is 11.3 Å². The van der Waals surface area contributed by atoms with E-state index in [-0.39, 0.29) is 12.2 Å². The summed E-state index contributed by atoms with van der Waals surface area (Å²) in [7, 11) is 0. The average molecular weight is 505 g/mol. The number of esters is 1. The molecule has 186 valence electrons. The van der Waals surface area contributed by atoms with Crippen LogP contribution in [0.2, 0.25) is 0 Å². The number of para-hydroxylation sites is 2. The smallest absolute Gasteiger partial charge is 0.338 e. The number of ether oxygens (including phenoxy) is 3. The number of hydrogen-bond donors (Lipinski definition) is 0. The van der Waals surface area contributed by atoms with Crippen LogP contribution in [0, 0.1) is 0 Å². The Kier molecular flexibility index (Phi) is 7.85. The lowest BCUT2D eigenvalue weighted by Crippen LogP contribution is -2.40. The number of carbonyl (C=O) groups excluding carboxylic acids is 1. The standard InChI is InChI=1S/C28H28N2O5S/c1-5-16-35-21-14-10-8-12-19(21)17-23-26(31)30-25(20-13-9-11-15-22(20)33-6-2)24(27(32)34-7-3)18(4)29-28(30)36-23/h5,8-15,17,25H,1,6-7,16H2,2-4H3. The van der Waals surface area contributed by atoms with E-state index in [1.165, 1.54) is 11.3 Å². The number of nitrogens with zero attached hydrogens (tertiary/aromatic N) is 2. The molecule has 0 amide bonds. The van der Waals surface area contributed by atoms with Gasteiger partial charge in [0, 0.05) is 11.1 Å². The van der Waals surface area contributed by atoms with Gasteiger partial charge in [-0.25, -0.2) is 9.79 Å². The van der Waals surface area contributed by atoms with Gasteiger partial charge < -0.3 is 14.2 Å². The maximum absolute atomic E-state index is 13.8. The molecule has 0 spiro atoms. The molecule has 2 aromatic carbocycles. The maximum atomic E-state index is 13.8. The molecule has 8 heteroatoms. The molecule has 0 N–H and O–H groups in total. The molecule has 0 saturated carbocycles. The van der Waals surface area contributed by atoms with E-state index in [1.54, 1.807) is 30.6 Å². The Morgan fingerprint density at radius 1 is 1.08 bits per heavy atom. The van der Waals surface area contributed by atoms with Crippen LogP contribution in [0.4, 0.5) is 0 Å². The van der Waals surface area contributed by atoms with Gasteiger partial charge in [-0.1, -0.05) is 60.4 Å². The highest BCUT2D eigenvalue weighted by Crippen LogP contribution is 2.35. The number of rotatable bonds is 9. The number of aromatic nitrogens is 1. The number of benzene rings is 2. The van der Waals surface area contributed by atoms with Gasteiger partial charge in [0.05, 0.1) is 29.0 Å². The first-order valence-corrected chi connectivity index (χ1v) is 12.6. The Hall–Kier alpha value is -3.91. The minimum absolute atomic E-state index is 0.210. The monoisotopic (exact) mass is 504 g/mol. The molecule has 1 aliphatic heterocycles. The van der Waals surface area contributed by atoms with Gasteiger partial charge >= 0.3 is 5.97 Å². The molecule has 1 aliphatic rings. The number of carbonyl (C=O) groups is 1. The minimum atomic E-state index is -0.738. The van der Waals surface area contributed by atoms with Crippen molar-refractivity contribution in [1.82, 2.24) is 4.57 Å². The van der Waals surface area contributed by atoms with E-state index in [1.807, 2.05) is 55.5 Å². The Bertz CT molecular complexity index is 1500. The summed E-state index contributed by atoms with van der Waals surface area (Å²) in [4.78, 5) is 32.1. The molecule has 0 radical (unpaired) electrons. The highest BCUT2D eigenvalue weighted by atomic mass is 32.1. The van der Waals surface area contributed by atoms with Crippen LogP contribution in [0.25, 0.3) is 6.08 Å². The molecule has 2 heterocycles. The normalized spacial score (nSPS) is 15.2. The Morgan fingerprint density at radius 2 is 1.81 bits per heavy atom. The molecule has 4 rings (SSSR count). The molecule has 1 atom stereocenters. The van der Waals surface area contributed by atoms with Crippen molar-refractivity contribution in [3.05, 3.63) is 103 Å². The van der Waals surface area contributed by atoms with Crippen LogP contribution in [0.5, 0.6) is 11.5 Å². The van der Waals surface area contributed by atoms with E-state index in [0.29, 0.717) is 50.9 Å². The van der Waals surface area contributed by atoms with E-state index in [0.717, 1.165) is 5.56 Å². The lowest BCUT2D eigenvalue weighted by atomic mass is 9.95. The van der Waals surface area contributed by atoms with Gasteiger partial charge in [-0.15, -0.1) is 0 Å². The van der Waals surface area contributed by atoms with Crippen LogP contribution in [0.15, 0.2) is 82.2 Å². The van der Waals surface area contributed by atoms with Gasteiger partial charge in [0.2, 0.25) is 0 Å². The second kappa shape index (κ2) is 11.2. The number of hydrogen-bond acceptors (Lipinski definition) is 7. The SMILES string of the molecule is C=CCOc1ccccc1C=c1sc2n(c1=O)C(c1ccccc1OCC)C(C(=O)OCC)=C(C)N=2. The third-order valence-electron chi connectivity index (χ3n) is 5.59. The first-order chi connectivity index (χ1) is 17.5. The molecule has 0 fully saturated rings. The summed E-state index contributed by atoms with van der Waals surface area (Å²) in [5, 5.41) is 0. The third kappa shape index (κ3) is 4.90. The van der Waals surface area contributed by atoms with Crippen LogP contribution < -0.4 is 24.4 Å². The molecule has 1 aromatic heterocycles. The van der Waals surface area contributed by atoms with Crippen molar-refractivity contribution in [2.75, 3.05) is 19.8 Å². The predicted molar refractivity (Wildman–Crippen MR) is 140 cm³/mol. The molecule has 36 heavy (non-hydrogen) atoms. The van der Waals surface area contributed by atoms with Crippen LogP contribution in [0.3, 0.4) is 0 Å². The second-order valence-corrected chi connectivity index (χ2v) is 8.92. The van der Waals surface area contributed by atoms with Gasteiger partial charge in [0.25, 0.3) is 5.56 Å². The largest absolute Gasteiger partial charge is 0.494 e. The fourth-order valence-electron chi connectivity index (χ4n) is 4.10. The van der Waals surface area contributed by atoms with Gasteiger partial charge in [-0.05, 0) is 39.0 Å². The highest BCUT2D eigenvalue weighted by molar-refractivity contribution is 7.07. The minimum Gasteiger partial charge on any atom is -0.494 e. The first kappa shape index (κ1) is 25.2. The van der Waals surface area contributed by atoms with E-state index < -0.39 is 12.0 Å². The molecular weight excluding hydrogens is 476 g/mol. The molecule has 3 aromatic rings. The summed E-state index contributed by atoms with van der Waals surface area (Å²) in [6.45, 7) is 10.1. The number of allylic oxidation sites excluding steroid dienone is 1. The number of fused-ring (bicyclic) bond motifs is 1. The summed E-state index contributed by atoms with van der Waals surface area (Å²) in [5.41, 5.74) is 2.02. The van der Waals surface area contributed by atoms with Crippen molar-refractivity contribution in [2.45, 2.75) is 26.8 Å². The van der Waals surface area contributed by atoms with E-state index in [2.05, 4.69) is 11.6 Å². The average Bonchev–Trinajstić information content (AvgIpc) is 3.17. The lowest BCUT2D eigenvalue weighted by molar-refractivity contribution is -0.139. The first-order valence-electron chi connectivity index (χ1n) is 11.7. The Balaban J connectivity index is 1.96. The summed E-state index contributed by atoms with van der Waals surface area (Å²) < 4.78 is 19.0. The highest BCUT2D eigenvalue weighted by Gasteiger charge is 2.35. The zero-order chi connectivity index (χ0) is 25.7. The fraction of sp³-hybridized carbons (Fsp3) is 0.250. The van der Waals surface area contributed by atoms with Crippen LogP contribution in [-0.4, -0.2) is 30.4 Å². The molecule has 0 saturated heterocycles. The Morgan fingerprint density at radius 3 is 2.53 bits per heavy atom. The van der Waals surface area contributed by atoms with E-state index >= 15 is 0 Å². The molecule has 0 aliphatic carbocycles. The van der Waals surface area contributed by atoms with Gasteiger partial charge in [-0.2, -0.15) is 0 Å². The molecule has 0 bridgehead atoms. The van der Waals surface area contributed by atoms with Gasteiger partial charge in [0.1, 0.15) is 24.1 Å². The predicted octanol–water partition coefficient (Wildman–Crippen LogP) is 3.76. The lowest BCUT2D eigenvalue weighted by Gasteiger charge is -2.26. The van der Waals surface area contributed by atoms with Crippen molar-refractivity contribution < 1.29 is 19.0 Å². The summed E-state index contributed by atoms with van der Waals surface area (Å²) >= 11 is 1.26. The second-order valence-electron chi connectivity index (χ2n) is 7.91. The molecular formula is C28H28N2O5S.